The summed E-state index contributed by atoms with van der Waals surface area (Å²) in [6.45, 7) is 17.9. The van der Waals surface area contributed by atoms with E-state index in [1.807, 2.05) is 7.11 Å². The van der Waals surface area contributed by atoms with E-state index in [-0.39, 0.29) is 23.5 Å². The van der Waals surface area contributed by atoms with Crippen molar-refractivity contribution >= 4 is 0 Å². The summed E-state index contributed by atoms with van der Waals surface area (Å²) in [5, 5.41) is 21.4. The summed E-state index contributed by atoms with van der Waals surface area (Å²) in [7, 11) is 1.91. The average molecular weight is 473 g/mol. The van der Waals surface area contributed by atoms with Crippen LogP contribution in [0.5, 0.6) is 0 Å². The second-order valence-electron chi connectivity index (χ2n) is 14.7. The first kappa shape index (κ1) is 25.3. The maximum Gasteiger partial charge on any atom is 0.0618 e. The average Bonchev–Trinajstić information content (AvgIpc) is 3.17. The number of aliphatic hydroxyl groups is 2. The Kier molecular flexibility index (Phi) is 5.99. The molecule has 11 atom stereocenters. The maximum absolute atomic E-state index is 11.0. The summed E-state index contributed by atoms with van der Waals surface area (Å²) in [4.78, 5) is 0. The lowest BCUT2D eigenvalue weighted by molar-refractivity contribution is -0.255. The zero-order chi connectivity index (χ0) is 24.7. The molecule has 5 rings (SSSR count). The van der Waals surface area contributed by atoms with Gasteiger partial charge < -0.3 is 14.9 Å². The van der Waals surface area contributed by atoms with Crippen LogP contribution in [0.15, 0.2) is 12.2 Å². The summed E-state index contributed by atoms with van der Waals surface area (Å²) in [6, 6.07) is 0. The summed E-state index contributed by atoms with van der Waals surface area (Å²) < 4.78 is 5.91. The van der Waals surface area contributed by atoms with E-state index in [0.717, 1.165) is 31.8 Å². The van der Waals surface area contributed by atoms with E-state index < -0.39 is 0 Å². The third-order valence-corrected chi connectivity index (χ3v) is 13.8. The van der Waals surface area contributed by atoms with E-state index in [1.165, 1.54) is 50.5 Å². The van der Waals surface area contributed by atoms with Crippen molar-refractivity contribution in [1.82, 2.24) is 0 Å². The SMILES string of the molecule is C=C(C)[C@@H]1CC[C@]2(COC)CC[C@]3(C)C(CCC4[C@@]5(C)CC[C@H](O)[C@@](C)(CO)[C@@H]5CC[C@]43C)C12. The van der Waals surface area contributed by atoms with Crippen LogP contribution in [0.3, 0.4) is 0 Å². The van der Waals surface area contributed by atoms with Crippen molar-refractivity contribution in [3.05, 3.63) is 12.2 Å². The Morgan fingerprint density at radius 3 is 2.26 bits per heavy atom. The minimum Gasteiger partial charge on any atom is -0.396 e. The molecule has 34 heavy (non-hydrogen) atoms. The quantitative estimate of drug-likeness (QED) is 0.452. The van der Waals surface area contributed by atoms with Crippen LogP contribution in [0.1, 0.15) is 98.8 Å². The number of allylic oxidation sites excluding steroid dienone is 1. The zero-order valence-corrected chi connectivity index (χ0v) is 23.0. The van der Waals surface area contributed by atoms with E-state index in [9.17, 15) is 10.2 Å². The minimum absolute atomic E-state index is 0.111. The summed E-state index contributed by atoms with van der Waals surface area (Å²) in [5.41, 5.74) is 2.26. The van der Waals surface area contributed by atoms with Crippen molar-refractivity contribution in [2.45, 2.75) is 105 Å². The highest BCUT2D eigenvalue weighted by molar-refractivity contribution is 5.21. The lowest BCUT2D eigenvalue weighted by Gasteiger charge is -2.73. The molecule has 5 saturated carbocycles. The van der Waals surface area contributed by atoms with Crippen molar-refractivity contribution in [3.63, 3.8) is 0 Å². The lowest BCUT2D eigenvalue weighted by Crippen LogP contribution is -2.67. The van der Waals surface area contributed by atoms with Gasteiger partial charge in [-0.1, -0.05) is 39.8 Å². The predicted octanol–water partition coefficient (Wildman–Crippen LogP) is 6.62. The molecule has 3 heteroatoms. The van der Waals surface area contributed by atoms with E-state index in [4.69, 9.17) is 4.74 Å². The number of rotatable bonds is 4. The van der Waals surface area contributed by atoms with Crippen LogP contribution in [0.2, 0.25) is 0 Å². The summed E-state index contributed by atoms with van der Waals surface area (Å²) in [6.07, 6.45) is 11.9. The van der Waals surface area contributed by atoms with Gasteiger partial charge in [0.25, 0.3) is 0 Å². The molecule has 5 fully saturated rings. The van der Waals surface area contributed by atoms with Gasteiger partial charge >= 0.3 is 0 Å². The maximum atomic E-state index is 11.0. The molecular formula is C31H52O3. The van der Waals surface area contributed by atoms with E-state index in [1.54, 1.807) is 0 Å². The van der Waals surface area contributed by atoms with Gasteiger partial charge in [-0.2, -0.15) is 0 Å². The van der Waals surface area contributed by atoms with Crippen LogP contribution in [-0.4, -0.2) is 36.6 Å². The van der Waals surface area contributed by atoms with Crippen molar-refractivity contribution in [2.75, 3.05) is 20.3 Å². The highest BCUT2D eigenvalue weighted by Crippen LogP contribution is 2.77. The molecule has 0 spiro atoms. The Bertz CT molecular complexity index is 823. The molecule has 0 amide bonds. The molecule has 0 heterocycles. The number of fused-ring (bicyclic) bond motifs is 7. The number of methoxy groups -OCH3 is 1. The molecule has 0 aromatic carbocycles. The zero-order valence-electron chi connectivity index (χ0n) is 23.0. The fourth-order valence-electron chi connectivity index (χ4n) is 11.8. The first-order chi connectivity index (χ1) is 15.9. The van der Waals surface area contributed by atoms with Gasteiger partial charge in [0.15, 0.2) is 0 Å². The molecule has 0 aromatic rings. The van der Waals surface area contributed by atoms with E-state index >= 15 is 0 Å². The van der Waals surface area contributed by atoms with Gasteiger partial charge in [-0.3, -0.25) is 0 Å². The normalized spacial score (nSPS) is 56.7. The Morgan fingerprint density at radius 1 is 0.882 bits per heavy atom. The molecule has 0 aliphatic heterocycles. The first-order valence-electron chi connectivity index (χ1n) is 14.4. The summed E-state index contributed by atoms with van der Waals surface area (Å²) >= 11 is 0. The van der Waals surface area contributed by atoms with Gasteiger partial charge in [0.1, 0.15) is 0 Å². The Hall–Kier alpha value is -0.380. The van der Waals surface area contributed by atoms with Crippen LogP contribution in [0.4, 0.5) is 0 Å². The second kappa shape index (κ2) is 8.06. The van der Waals surface area contributed by atoms with Crippen molar-refractivity contribution < 1.29 is 14.9 Å². The van der Waals surface area contributed by atoms with E-state index in [0.29, 0.717) is 39.9 Å². The monoisotopic (exact) mass is 472 g/mol. The fraction of sp³-hybridized carbons (Fsp3) is 0.935. The Balaban J connectivity index is 1.54. The molecule has 2 N–H and O–H groups in total. The largest absolute Gasteiger partial charge is 0.396 e. The van der Waals surface area contributed by atoms with Crippen molar-refractivity contribution in [3.8, 4) is 0 Å². The molecule has 5 aliphatic carbocycles. The molecule has 5 aliphatic rings. The first-order valence-corrected chi connectivity index (χ1v) is 14.4. The van der Waals surface area contributed by atoms with Crippen LogP contribution < -0.4 is 0 Å². The van der Waals surface area contributed by atoms with Gasteiger partial charge in [0, 0.05) is 12.5 Å². The van der Waals surface area contributed by atoms with Crippen molar-refractivity contribution in [1.29, 1.82) is 0 Å². The summed E-state index contributed by atoms with van der Waals surface area (Å²) in [5.74, 6) is 3.20. The highest BCUT2D eigenvalue weighted by atomic mass is 16.5. The second-order valence-corrected chi connectivity index (χ2v) is 14.7. The van der Waals surface area contributed by atoms with Gasteiger partial charge in [0.2, 0.25) is 0 Å². The molecule has 0 bridgehead atoms. The Morgan fingerprint density at radius 2 is 1.62 bits per heavy atom. The van der Waals surface area contributed by atoms with Crippen LogP contribution in [0.25, 0.3) is 0 Å². The smallest absolute Gasteiger partial charge is 0.0618 e. The number of ether oxygens (including phenoxy) is 1. The van der Waals surface area contributed by atoms with Crippen LogP contribution in [-0.2, 0) is 4.74 Å². The highest BCUT2D eigenvalue weighted by Gasteiger charge is 2.71. The van der Waals surface area contributed by atoms with Crippen LogP contribution >= 0.6 is 0 Å². The van der Waals surface area contributed by atoms with Gasteiger partial charge in [0.05, 0.1) is 19.3 Å². The minimum atomic E-state index is -0.369. The molecule has 3 nitrogen and oxygen atoms in total. The van der Waals surface area contributed by atoms with Gasteiger partial charge in [-0.05, 0) is 122 Å². The third kappa shape index (κ3) is 2.99. The van der Waals surface area contributed by atoms with Crippen LogP contribution in [0, 0.1) is 56.7 Å². The molecule has 194 valence electrons. The third-order valence-electron chi connectivity index (χ3n) is 13.8. The number of hydrogen-bond donors (Lipinski definition) is 2. The molecule has 0 radical (unpaired) electrons. The molecule has 0 saturated heterocycles. The standard InChI is InChI=1S/C31H52O3/c1-20(2)21-10-15-31(19-34-7)17-16-29(5)22(26(21)31)8-9-24-27(3)13-12-25(33)28(4,18-32)23(27)11-14-30(24,29)6/h21-26,32-33H,1,8-19H2,2-7H3/t21-,22?,23+,24?,25-,26?,27-,28-,29+,30+,31+/m0/s1. The lowest BCUT2D eigenvalue weighted by atomic mass is 9.32. The predicted molar refractivity (Wildman–Crippen MR) is 138 cm³/mol. The van der Waals surface area contributed by atoms with Gasteiger partial charge in [-0.25, -0.2) is 0 Å². The molecule has 0 aromatic heterocycles. The molecular weight excluding hydrogens is 420 g/mol. The fourth-order valence-corrected chi connectivity index (χ4v) is 11.8. The molecule has 3 unspecified atom stereocenters. The number of aliphatic hydroxyl groups excluding tert-OH is 2. The topological polar surface area (TPSA) is 49.7 Å². The number of hydrogen-bond acceptors (Lipinski definition) is 3. The van der Waals surface area contributed by atoms with Gasteiger partial charge in [-0.15, -0.1) is 0 Å². The Labute approximate surface area is 209 Å². The van der Waals surface area contributed by atoms with Crippen molar-refractivity contribution in [2.24, 2.45) is 56.7 Å². The van der Waals surface area contributed by atoms with E-state index in [2.05, 4.69) is 41.2 Å².